The van der Waals surface area contributed by atoms with Crippen LogP contribution in [0.3, 0.4) is 0 Å². The maximum Gasteiger partial charge on any atom is 0.224 e. The normalized spacial score (nSPS) is 8.81. The molecule has 1 amide bonds. The molecule has 0 saturated heterocycles. The van der Waals surface area contributed by atoms with Crippen LogP contribution < -0.4 is 10.1 Å². The molecular formula is C13H21NO2. The van der Waals surface area contributed by atoms with Gasteiger partial charge in [-0.25, -0.2) is 0 Å². The molecule has 0 aliphatic heterocycles. The van der Waals surface area contributed by atoms with E-state index in [0.29, 0.717) is 6.42 Å². The van der Waals surface area contributed by atoms with Crippen LogP contribution in [0.1, 0.15) is 32.8 Å². The molecular weight excluding hydrogens is 202 g/mol. The van der Waals surface area contributed by atoms with E-state index in [4.69, 9.17) is 4.74 Å². The zero-order valence-corrected chi connectivity index (χ0v) is 10.8. The topological polar surface area (TPSA) is 38.3 Å². The zero-order valence-electron chi connectivity index (χ0n) is 10.8. The van der Waals surface area contributed by atoms with Crippen molar-refractivity contribution in [1.29, 1.82) is 0 Å². The standard InChI is InChI=1S/C11H15NO2.C2H6/c1-4-10(13)12-9-7-5-6-8(2)11(9)14-3;1-2/h5-7H,4H2,1-3H3,(H,12,13);1-2H3. The number of anilines is 1. The van der Waals surface area contributed by atoms with E-state index in [0.717, 1.165) is 17.0 Å². The van der Waals surface area contributed by atoms with Gasteiger partial charge in [0.05, 0.1) is 12.8 Å². The second kappa shape index (κ2) is 7.74. The summed E-state index contributed by atoms with van der Waals surface area (Å²) in [5, 5.41) is 2.79. The quantitative estimate of drug-likeness (QED) is 0.853. The second-order valence-electron chi connectivity index (χ2n) is 3.06. The van der Waals surface area contributed by atoms with Gasteiger partial charge in [-0.1, -0.05) is 32.9 Å². The van der Waals surface area contributed by atoms with Crippen molar-refractivity contribution in [3.8, 4) is 5.75 Å². The van der Waals surface area contributed by atoms with Gasteiger partial charge in [0.15, 0.2) is 0 Å². The van der Waals surface area contributed by atoms with Gasteiger partial charge < -0.3 is 10.1 Å². The number of methoxy groups -OCH3 is 1. The highest BCUT2D eigenvalue weighted by molar-refractivity contribution is 5.92. The van der Waals surface area contributed by atoms with E-state index in [1.54, 1.807) is 7.11 Å². The van der Waals surface area contributed by atoms with Crippen LogP contribution in [0.2, 0.25) is 0 Å². The fraction of sp³-hybridized carbons (Fsp3) is 0.462. The molecule has 0 unspecified atom stereocenters. The molecule has 0 aromatic heterocycles. The summed E-state index contributed by atoms with van der Waals surface area (Å²) in [6.45, 7) is 7.76. The van der Waals surface area contributed by atoms with Crippen LogP contribution in [-0.4, -0.2) is 13.0 Å². The Morgan fingerprint density at radius 3 is 2.50 bits per heavy atom. The van der Waals surface area contributed by atoms with Crippen molar-refractivity contribution in [2.24, 2.45) is 0 Å². The predicted octanol–water partition coefficient (Wildman–Crippen LogP) is 3.38. The van der Waals surface area contributed by atoms with E-state index in [1.165, 1.54) is 0 Å². The Morgan fingerprint density at radius 1 is 1.38 bits per heavy atom. The summed E-state index contributed by atoms with van der Waals surface area (Å²) >= 11 is 0. The van der Waals surface area contributed by atoms with Crippen LogP contribution in [0.5, 0.6) is 5.75 Å². The Bertz CT molecular complexity index is 335. The minimum Gasteiger partial charge on any atom is -0.494 e. The lowest BCUT2D eigenvalue weighted by Crippen LogP contribution is -2.10. The number of hydrogen-bond donors (Lipinski definition) is 1. The van der Waals surface area contributed by atoms with E-state index in [-0.39, 0.29) is 5.91 Å². The predicted molar refractivity (Wildman–Crippen MR) is 68.0 cm³/mol. The number of ether oxygens (including phenoxy) is 1. The van der Waals surface area contributed by atoms with Gasteiger partial charge >= 0.3 is 0 Å². The molecule has 0 spiro atoms. The Balaban J connectivity index is 0.00000106. The Labute approximate surface area is 97.8 Å². The lowest BCUT2D eigenvalue weighted by molar-refractivity contribution is -0.115. The molecule has 0 aliphatic carbocycles. The van der Waals surface area contributed by atoms with Crippen molar-refractivity contribution >= 4 is 11.6 Å². The van der Waals surface area contributed by atoms with Gasteiger partial charge in [0, 0.05) is 6.42 Å². The molecule has 1 aromatic carbocycles. The number of carbonyl (C=O) groups is 1. The molecule has 0 fully saturated rings. The van der Waals surface area contributed by atoms with Crippen LogP contribution in [0, 0.1) is 6.92 Å². The lowest BCUT2D eigenvalue weighted by Gasteiger charge is -2.11. The first kappa shape index (κ1) is 14.5. The lowest BCUT2D eigenvalue weighted by atomic mass is 10.2. The maximum absolute atomic E-state index is 11.2. The summed E-state index contributed by atoms with van der Waals surface area (Å²) < 4.78 is 5.21. The average molecular weight is 223 g/mol. The van der Waals surface area contributed by atoms with E-state index in [9.17, 15) is 4.79 Å². The van der Waals surface area contributed by atoms with E-state index < -0.39 is 0 Å². The minimum absolute atomic E-state index is 0.00565. The first-order valence-corrected chi connectivity index (χ1v) is 5.62. The number of benzene rings is 1. The second-order valence-corrected chi connectivity index (χ2v) is 3.06. The molecule has 0 atom stereocenters. The third kappa shape index (κ3) is 3.93. The third-order valence-corrected chi connectivity index (χ3v) is 2.01. The summed E-state index contributed by atoms with van der Waals surface area (Å²) in [5.74, 6) is 0.725. The number of aryl methyl sites for hydroxylation is 1. The molecule has 3 nitrogen and oxygen atoms in total. The monoisotopic (exact) mass is 223 g/mol. The largest absolute Gasteiger partial charge is 0.494 e. The average Bonchev–Trinajstić information content (AvgIpc) is 2.32. The number of para-hydroxylation sites is 1. The van der Waals surface area contributed by atoms with Gasteiger partial charge in [0.2, 0.25) is 5.91 Å². The Morgan fingerprint density at radius 2 is 2.00 bits per heavy atom. The molecule has 1 rings (SSSR count). The van der Waals surface area contributed by atoms with Crippen molar-refractivity contribution in [2.45, 2.75) is 34.1 Å². The van der Waals surface area contributed by atoms with Crippen molar-refractivity contribution in [1.82, 2.24) is 0 Å². The number of carbonyl (C=O) groups excluding carboxylic acids is 1. The highest BCUT2D eigenvalue weighted by atomic mass is 16.5. The molecule has 1 aromatic rings. The van der Waals surface area contributed by atoms with E-state index in [1.807, 2.05) is 45.9 Å². The smallest absolute Gasteiger partial charge is 0.224 e. The molecule has 0 heterocycles. The molecule has 16 heavy (non-hydrogen) atoms. The van der Waals surface area contributed by atoms with Crippen molar-refractivity contribution in [2.75, 3.05) is 12.4 Å². The Hall–Kier alpha value is -1.51. The van der Waals surface area contributed by atoms with Crippen molar-refractivity contribution in [3.05, 3.63) is 23.8 Å². The van der Waals surface area contributed by atoms with Crippen LogP contribution in [0.15, 0.2) is 18.2 Å². The highest BCUT2D eigenvalue weighted by Gasteiger charge is 2.07. The van der Waals surface area contributed by atoms with E-state index >= 15 is 0 Å². The van der Waals surface area contributed by atoms with Crippen LogP contribution in [-0.2, 0) is 4.79 Å². The minimum atomic E-state index is -0.00565. The van der Waals surface area contributed by atoms with Crippen LogP contribution >= 0.6 is 0 Å². The molecule has 0 aliphatic rings. The number of amides is 1. The summed E-state index contributed by atoms with van der Waals surface area (Å²) in [6, 6.07) is 5.67. The third-order valence-electron chi connectivity index (χ3n) is 2.01. The summed E-state index contributed by atoms with van der Waals surface area (Å²) in [4.78, 5) is 11.2. The number of hydrogen-bond acceptors (Lipinski definition) is 2. The number of nitrogens with one attached hydrogen (secondary N) is 1. The zero-order chi connectivity index (χ0) is 12.6. The highest BCUT2D eigenvalue weighted by Crippen LogP contribution is 2.27. The van der Waals surface area contributed by atoms with Gasteiger partial charge in [0.1, 0.15) is 5.75 Å². The fourth-order valence-electron chi connectivity index (χ4n) is 1.26. The summed E-state index contributed by atoms with van der Waals surface area (Å²) in [5.41, 5.74) is 1.75. The summed E-state index contributed by atoms with van der Waals surface area (Å²) in [7, 11) is 1.60. The van der Waals surface area contributed by atoms with Crippen molar-refractivity contribution < 1.29 is 9.53 Å². The first-order valence-electron chi connectivity index (χ1n) is 5.62. The molecule has 3 heteroatoms. The molecule has 1 N–H and O–H groups in total. The molecule has 90 valence electrons. The van der Waals surface area contributed by atoms with Gasteiger partial charge in [-0.3, -0.25) is 4.79 Å². The maximum atomic E-state index is 11.2. The first-order chi connectivity index (χ1) is 7.69. The van der Waals surface area contributed by atoms with Crippen LogP contribution in [0.25, 0.3) is 0 Å². The Kier molecular flexibility index (Phi) is 7.01. The van der Waals surface area contributed by atoms with E-state index in [2.05, 4.69) is 5.32 Å². The van der Waals surface area contributed by atoms with Crippen LogP contribution in [0.4, 0.5) is 5.69 Å². The molecule has 0 radical (unpaired) electrons. The molecule has 0 bridgehead atoms. The summed E-state index contributed by atoms with van der Waals surface area (Å²) in [6.07, 6.45) is 0.469. The molecule has 0 saturated carbocycles. The fourth-order valence-corrected chi connectivity index (χ4v) is 1.26. The number of rotatable bonds is 3. The van der Waals surface area contributed by atoms with Gasteiger partial charge in [-0.15, -0.1) is 0 Å². The van der Waals surface area contributed by atoms with Gasteiger partial charge in [-0.05, 0) is 18.6 Å². The van der Waals surface area contributed by atoms with Gasteiger partial charge in [-0.2, -0.15) is 0 Å². The van der Waals surface area contributed by atoms with Gasteiger partial charge in [0.25, 0.3) is 0 Å². The SMILES string of the molecule is CC.CCC(=O)Nc1cccc(C)c1OC. The van der Waals surface area contributed by atoms with Crippen molar-refractivity contribution in [3.63, 3.8) is 0 Å².